The number of allylic oxidation sites excluding steroid dienone is 5. The lowest BCUT2D eigenvalue weighted by molar-refractivity contribution is -0.265. The molecule has 4 saturated carbocycles. The number of hydrogen-bond acceptors (Lipinski definition) is 9. The molecule has 0 radical (unpaired) electrons. The molecule has 9 nitrogen and oxygen atoms in total. The minimum absolute atomic E-state index is 0.105. The van der Waals surface area contributed by atoms with Crippen molar-refractivity contribution in [2.75, 3.05) is 13.2 Å². The molecule has 0 spiro atoms. The second-order valence-electron chi connectivity index (χ2n) is 19.3. The van der Waals surface area contributed by atoms with Crippen LogP contribution in [0.25, 0.3) is 0 Å². The Labute approximate surface area is 323 Å². The van der Waals surface area contributed by atoms with Crippen LogP contribution < -0.4 is 0 Å². The summed E-state index contributed by atoms with van der Waals surface area (Å²) in [6.07, 6.45) is 8.28. The zero-order chi connectivity index (χ0) is 40.4. The smallest absolute Gasteiger partial charge is 0.333 e. The number of aliphatic hydroxyl groups is 3. The van der Waals surface area contributed by atoms with E-state index in [0.717, 1.165) is 25.7 Å². The highest BCUT2D eigenvalue weighted by atomic mass is 16.6. The van der Waals surface area contributed by atoms with E-state index in [1.54, 1.807) is 52.8 Å². The molecule has 0 heterocycles. The molecule has 0 aromatic carbocycles. The van der Waals surface area contributed by atoms with E-state index in [4.69, 9.17) is 14.2 Å². The quantitative estimate of drug-likeness (QED) is 0.0991. The van der Waals surface area contributed by atoms with Gasteiger partial charge in [0, 0.05) is 22.1 Å². The van der Waals surface area contributed by atoms with Crippen LogP contribution in [0.4, 0.5) is 0 Å². The number of hydrogen-bond donors (Lipinski definition) is 3. The Morgan fingerprint density at radius 2 is 1.30 bits per heavy atom. The van der Waals surface area contributed by atoms with Crippen LogP contribution >= 0.6 is 0 Å². The third kappa shape index (κ3) is 6.27. The molecule has 3 unspecified atom stereocenters. The normalized spacial score (nSPS) is 43.4. The van der Waals surface area contributed by atoms with Gasteiger partial charge >= 0.3 is 17.9 Å². The fourth-order valence-electron chi connectivity index (χ4n) is 12.2. The summed E-state index contributed by atoms with van der Waals surface area (Å²) in [6, 6.07) is 0. The van der Waals surface area contributed by atoms with Crippen molar-refractivity contribution < 1.29 is 43.9 Å². The molecular weight excluding hydrogens is 684 g/mol. The fraction of sp³-hybridized carbons (Fsp3) is 0.756. The Morgan fingerprint density at radius 3 is 1.87 bits per heavy atom. The van der Waals surface area contributed by atoms with Crippen LogP contribution in [0.2, 0.25) is 0 Å². The monoisotopic (exact) mass is 752 g/mol. The van der Waals surface area contributed by atoms with Crippen molar-refractivity contribution in [3.05, 3.63) is 46.6 Å². The van der Waals surface area contributed by atoms with E-state index in [1.807, 2.05) is 20.8 Å². The third-order valence-corrected chi connectivity index (χ3v) is 16.4. The molecule has 0 amide bonds. The van der Waals surface area contributed by atoms with Crippen molar-refractivity contribution in [1.29, 1.82) is 0 Å². The number of aliphatic hydroxyl groups excluding tert-OH is 3. The maximum atomic E-state index is 13.5. The van der Waals surface area contributed by atoms with Crippen LogP contribution in [0.15, 0.2) is 46.6 Å². The van der Waals surface area contributed by atoms with Crippen molar-refractivity contribution in [3.63, 3.8) is 0 Å². The maximum Gasteiger partial charge on any atom is 0.333 e. The first-order chi connectivity index (χ1) is 25.0. The predicted molar refractivity (Wildman–Crippen MR) is 208 cm³/mol. The lowest BCUT2D eigenvalue weighted by atomic mass is 9.33. The Bertz CT molecular complexity index is 1640. The van der Waals surface area contributed by atoms with Gasteiger partial charge in [0.25, 0.3) is 0 Å². The first-order valence-electron chi connectivity index (χ1n) is 20.2. The number of fused-ring (bicyclic) bond motifs is 7. The Kier molecular flexibility index (Phi) is 11.5. The molecule has 302 valence electrons. The minimum atomic E-state index is -1.29. The van der Waals surface area contributed by atoms with Crippen LogP contribution in [0, 0.1) is 50.2 Å². The molecule has 54 heavy (non-hydrogen) atoms. The van der Waals surface area contributed by atoms with Crippen molar-refractivity contribution in [3.8, 4) is 0 Å². The standard InChI is InChI=1S/C45H68O9/c1-13-26(4)37(49)52-24-42(10)31-18-21-43(11)32(41(31,9)20-19-33(42)46)17-16-29-30-22-40(7,8)35(48)36(54-39(51)28(6)15-3)45(30,34(47)23-44(29,43)12)25-53-38(50)27(5)14-2/h13-16,30-36,46-48H,17-25H2,1-12H3/t30?,31?,32?,33-,34+,35-,36-,41-,42+,43+,44+,45-/m0/s1. The summed E-state index contributed by atoms with van der Waals surface area (Å²) in [5.41, 5.74) is -0.974. The molecule has 5 aliphatic rings. The molecule has 0 aromatic heterocycles. The topological polar surface area (TPSA) is 140 Å². The van der Waals surface area contributed by atoms with E-state index in [2.05, 4.69) is 33.8 Å². The zero-order valence-electron chi connectivity index (χ0n) is 35.0. The van der Waals surface area contributed by atoms with Crippen LogP contribution in [0.1, 0.15) is 128 Å². The van der Waals surface area contributed by atoms with E-state index in [-0.39, 0.29) is 47.8 Å². The highest BCUT2D eigenvalue weighted by Crippen LogP contribution is 2.76. The number of carbonyl (C=O) groups excluding carboxylic acids is 3. The molecule has 12 atom stereocenters. The Hall–Kier alpha value is -2.75. The van der Waals surface area contributed by atoms with Crippen LogP contribution in [0.3, 0.4) is 0 Å². The highest BCUT2D eigenvalue weighted by Gasteiger charge is 2.73. The Balaban J connectivity index is 1.62. The van der Waals surface area contributed by atoms with E-state index < -0.39 is 58.0 Å². The van der Waals surface area contributed by atoms with Crippen LogP contribution in [-0.4, -0.2) is 70.9 Å². The Morgan fingerprint density at radius 1 is 0.741 bits per heavy atom. The predicted octanol–water partition coefficient (Wildman–Crippen LogP) is 7.58. The summed E-state index contributed by atoms with van der Waals surface area (Å²) in [5, 5.41) is 36.4. The summed E-state index contributed by atoms with van der Waals surface area (Å²) in [4.78, 5) is 39.6. The van der Waals surface area contributed by atoms with Crippen molar-refractivity contribution in [2.45, 2.75) is 152 Å². The number of esters is 3. The van der Waals surface area contributed by atoms with Gasteiger partial charge in [0.05, 0.1) is 30.3 Å². The number of carbonyl (C=O) groups is 3. The van der Waals surface area contributed by atoms with Gasteiger partial charge < -0.3 is 29.5 Å². The van der Waals surface area contributed by atoms with E-state index >= 15 is 0 Å². The average Bonchev–Trinajstić information content (AvgIpc) is 3.12. The molecule has 0 aromatic rings. The minimum Gasteiger partial charge on any atom is -0.462 e. The lowest BCUT2D eigenvalue weighted by Crippen LogP contribution is -2.72. The largest absolute Gasteiger partial charge is 0.462 e. The molecular formula is C45H68O9. The summed E-state index contributed by atoms with van der Waals surface area (Å²) in [5.74, 6) is -1.48. The lowest BCUT2D eigenvalue weighted by Gasteiger charge is -2.72. The van der Waals surface area contributed by atoms with Crippen molar-refractivity contribution >= 4 is 17.9 Å². The third-order valence-electron chi connectivity index (χ3n) is 16.4. The zero-order valence-corrected chi connectivity index (χ0v) is 35.0. The maximum absolute atomic E-state index is 13.5. The van der Waals surface area contributed by atoms with Crippen LogP contribution in [0.5, 0.6) is 0 Å². The molecule has 5 rings (SSSR count). The van der Waals surface area contributed by atoms with Crippen molar-refractivity contribution in [2.24, 2.45) is 50.2 Å². The molecule has 3 N–H and O–H groups in total. The second-order valence-corrected chi connectivity index (χ2v) is 19.3. The molecule has 0 saturated heterocycles. The summed E-state index contributed by atoms with van der Waals surface area (Å²) < 4.78 is 18.2. The molecule has 5 aliphatic carbocycles. The molecule has 0 aliphatic heterocycles. The summed E-state index contributed by atoms with van der Waals surface area (Å²) >= 11 is 0. The summed E-state index contributed by atoms with van der Waals surface area (Å²) in [6.45, 7) is 23.5. The average molecular weight is 753 g/mol. The fourth-order valence-corrected chi connectivity index (χ4v) is 12.2. The molecule has 9 heteroatoms. The van der Waals surface area contributed by atoms with E-state index in [9.17, 15) is 29.7 Å². The van der Waals surface area contributed by atoms with Gasteiger partial charge in [-0.25, -0.2) is 14.4 Å². The van der Waals surface area contributed by atoms with Gasteiger partial charge in [-0.05, 0) is 126 Å². The second kappa shape index (κ2) is 14.6. The van der Waals surface area contributed by atoms with E-state index in [0.29, 0.717) is 36.0 Å². The first-order valence-corrected chi connectivity index (χ1v) is 20.2. The van der Waals surface area contributed by atoms with E-state index in [1.165, 1.54) is 5.57 Å². The van der Waals surface area contributed by atoms with Gasteiger partial charge in [0.2, 0.25) is 0 Å². The SMILES string of the molecule is CC=C(C)C(=O)OC[C@@]12C(CC(C)(C)[C@@H](O)[C@@H]1OC(=O)C(C)=CC)C1=CCC3[C@@]4(C)CC[C@H](O)[C@](C)(COC(=O)C(C)=CC)C4CC[C@@]3(C)[C@]1(C)C[C@H]2O. The summed E-state index contributed by atoms with van der Waals surface area (Å²) in [7, 11) is 0. The number of ether oxygens (including phenoxy) is 3. The molecule has 4 fully saturated rings. The van der Waals surface area contributed by atoms with Gasteiger partial charge in [-0.2, -0.15) is 0 Å². The number of rotatable bonds is 8. The highest BCUT2D eigenvalue weighted by molar-refractivity contribution is 5.88. The van der Waals surface area contributed by atoms with Gasteiger partial charge in [-0.3, -0.25) is 0 Å². The van der Waals surface area contributed by atoms with Gasteiger partial charge in [0.1, 0.15) is 12.7 Å². The van der Waals surface area contributed by atoms with Crippen LogP contribution in [-0.2, 0) is 28.6 Å². The van der Waals surface area contributed by atoms with Gasteiger partial charge in [0.15, 0.2) is 0 Å². The van der Waals surface area contributed by atoms with Gasteiger partial charge in [-0.15, -0.1) is 0 Å². The first kappa shape index (κ1) is 42.4. The van der Waals surface area contributed by atoms with Gasteiger partial charge in [-0.1, -0.05) is 71.4 Å². The van der Waals surface area contributed by atoms with Crippen molar-refractivity contribution in [1.82, 2.24) is 0 Å². The molecule has 0 bridgehead atoms.